The van der Waals surface area contributed by atoms with Gasteiger partial charge in [-0.2, -0.15) is 5.26 Å². The Balaban J connectivity index is 1.76. The third-order valence-electron chi connectivity index (χ3n) is 4.04. The Labute approximate surface area is 162 Å². The van der Waals surface area contributed by atoms with Gasteiger partial charge in [-0.25, -0.2) is 0 Å². The van der Waals surface area contributed by atoms with Crippen LogP contribution < -0.4 is 15.4 Å². The summed E-state index contributed by atoms with van der Waals surface area (Å²) >= 11 is 0. The van der Waals surface area contributed by atoms with Gasteiger partial charge in [0.15, 0.2) is 0 Å². The van der Waals surface area contributed by atoms with Crippen LogP contribution in [0.25, 0.3) is 0 Å². The third-order valence-corrected chi connectivity index (χ3v) is 4.04. The lowest BCUT2D eigenvalue weighted by Crippen LogP contribution is -2.18. The number of nitrogens with one attached hydrogen (secondary N) is 2. The molecule has 138 valence electrons. The van der Waals surface area contributed by atoms with Crippen molar-refractivity contribution in [3.05, 3.63) is 89.5 Å². The highest BCUT2D eigenvalue weighted by Crippen LogP contribution is 2.20. The molecule has 6 heteroatoms. The minimum atomic E-state index is -0.366. The Bertz CT molecular complexity index is 1040. The zero-order valence-corrected chi connectivity index (χ0v) is 15.1. The van der Waals surface area contributed by atoms with Crippen LogP contribution in [0, 0.1) is 11.3 Å². The summed E-state index contributed by atoms with van der Waals surface area (Å²) in [6.07, 6.45) is 0. The van der Waals surface area contributed by atoms with Crippen LogP contribution in [0.3, 0.4) is 0 Å². The number of carbonyl (C=O) groups is 2. The van der Waals surface area contributed by atoms with Crippen molar-refractivity contribution in [3.63, 3.8) is 0 Å². The van der Waals surface area contributed by atoms with Gasteiger partial charge in [0.25, 0.3) is 11.8 Å². The zero-order valence-electron chi connectivity index (χ0n) is 15.1. The number of rotatable bonds is 5. The maximum atomic E-state index is 12.7. The van der Waals surface area contributed by atoms with Crippen molar-refractivity contribution < 1.29 is 14.3 Å². The number of methoxy groups -OCH3 is 1. The maximum absolute atomic E-state index is 12.7. The van der Waals surface area contributed by atoms with E-state index in [0.717, 1.165) is 0 Å². The first-order chi connectivity index (χ1) is 13.6. The number of para-hydroxylation sites is 1. The van der Waals surface area contributed by atoms with Crippen molar-refractivity contribution in [2.45, 2.75) is 0 Å². The second kappa shape index (κ2) is 8.52. The van der Waals surface area contributed by atoms with E-state index < -0.39 is 0 Å². The molecule has 0 atom stereocenters. The van der Waals surface area contributed by atoms with Crippen molar-refractivity contribution in [2.24, 2.45) is 0 Å². The number of hydrogen-bond acceptors (Lipinski definition) is 4. The molecule has 0 unspecified atom stereocenters. The number of amides is 2. The predicted octanol–water partition coefficient (Wildman–Crippen LogP) is 4.07. The molecule has 0 aliphatic rings. The minimum Gasteiger partial charge on any atom is -0.497 e. The fraction of sp³-hybridized carbons (Fsp3) is 0.0455. The van der Waals surface area contributed by atoms with Crippen molar-refractivity contribution in [1.82, 2.24) is 0 Å². The number of carbonyl (C=O) groups excluding carboxylic acids is 2. The molecule has 0 saturated heterocycles. The van der Waals surface area contributed by atoms with Crippen molar-refractivity contribution >= 4 is 23.2 Å². The molecule has 0 aliphatic heterocycles. The Morgan fingerprint density at radius 2 is 1.54 bits per heavy atom. The van der Waals surface area contributed by atoms with E-state index in [1.165, 1.54) is 0 Å². The highest BCUT2D eigenvalue weighted by atomic mass is 16.5. The molecule has 0 aromatic heterocycles. The van der Waals surface area contributed by atoms with Gasteiger partial charge in [0.05, 0.1) is 30.0 Å². The molecule has 0 aliphatic carbocycles. The van der Waals surface area contributed by atoms with E-state index in [-0.39, 0.29) is 11.8 Å². The first-order valence-electron chi connectivity index (χ1n) is 8.46. The number of benzene rings is 3. The average Bonchev–Trinajstić information content (AvgIpc) is 2.74. The number of hydrogen-bond donors (Lipinski definition) is 2. The third kappa shape index (κ3) is 4.34. The van der Waals surface area contributed by atoms with Crippen LogP contribution in [-0.2, 0) is 0 Å². The second-order valence-electron chi connectivity index (χ2n) is 5.87. The number of nitriles is 1. The normalized spacial score (nSPS) is 9.86. The summed E-state index contributed by atoms with van der Waals surface area (Å²) in [7, 11) is 1.57. The molecule has 0 saturated carbocycles. The zero-order chi connectivity index (χ0) is 19.9. The molecule has 0 bridgehead atoms. The van der Waals surface area contributed by atoms with Gasteiger partial charge in [-0.05, 0) is 60.7 Å². The molecule has 2 N–H and O–H groups in total. The standard InChI is InChI=1S/C22H17N3O3/c1-28-18-12-10-17(11-13-18)24-22(27)19-4-2-3-5-20(19)25-21(26)16-8-6-15(14-23)7-9-16/h2-13H,1H3,(H,24,27)(H,25,26). The summed E-state index contributed by atoms with van der Waals surface area (Å²) in [5.41, 5.74) is 2.20. The van der Waals surface area contributed by atoms with Crippen LogP contribution in [0.15, 0.2) is 72.8 Å². The molecule has 28 heavy (non-hydrogen) atoms. The van der Waals surface area contributed by atoms with Gasteiger partial charge < -0.3 is 15.4 Å². The molecule has 0 heterocycles. The van der Waals surface area contributed by atoms with E-state index in [9.17, 15) is 9.59 Å². The van der Waals surface area contributed by atoms with Crippen LogP contribution in [0.5, 0.6) is 5.75 Å². The highest BCUT2D eigenvalue weighted by molar-refractivity contribution is 6.12. The Kier molecular flexibility index (Phi) is 5.68. The first kappa shape index (κ1) is 18.7. The molecule has 3 aromatic rings. The van der Waals surface area contributed by atoms with Crippen LogP contribution >= 0.6 is 0 Å². The van der Waals surface area contributed by atoms with Crippen molar-refractivity contribution in [3.8, 4) is 11.8 Å². The van der Waals surface area contributed by atoms with Crippen LogP contribution in [0.2, 0.25) is 0 Å². The fourth-order valence-corrected chi connectivity index (χ4v) is 2.55. The number of ether oxygens (including phenoxy) is 1. The molecular weight excluding hydrogens is 354 g/mol. The van der Waals surface area contributed by atoms with Crippen LogP contribution in [0.1, 0.15) is 26.3 Å². The van der Waals surface area contributed by atoms with E-state index in [0.29, 0.717) is 33.8 Å². The summed E-state index contributed by atoms with van der Waals surface area (Å²) < 4.78 is 5.10. The van der Waals surface area contributed by atoms with Gasteiger partial charge in [0.2, 0.25) is 0 Å². The monoisotopic (exact) mass is 371 g/mol. The second-order valence-corrected chi connectivity index (χ2v) is 5.87. The summed E-state index contributed by atoms with van der Waals surface area (Å²) in [6.45, 7) is 0. The van der Waals surface area contributed by atoms with Crippen molar-refractivity contribution in [2.75, 3.05) is 17.7 Å². The quantitative estimate of drug-likeness (QED) is 0.707. The number of anilines is 2. The van der Waals surface area contributed by atoms with Crippen LogP contribution in [0.4, 0.5) is 11.4 Å². The summed E-state index contributed by atoms with van der Waals surface area (Å²) in [6, 6.07) is 22.0. The number of nitrogens with zero attached hydrogens (tertiary/aromatic N) is 1. The summed E-state index contributed by atoms with van der Waals surface area (Å²) in [5.74, 6) is -0.0249. The van der Waals surface area contributed by atoms with E-state index in [1.54, 1.807) is 79.9 Å². The van der Waals surface area contributed by atoms with Gasteiger partial charge in [-0.15, -0.1) is 0 Å². The van der Waals surface area contributed by atoms with Gasteiger partial charge >= 0.3 is 0 Å². The average molecular weight is 371 g/mol. The molecule has 3 rings (SSSR count). The lowest BCUT2D eigenvalue weighted by molar-refractivity contribution is 0.102. The van der Waals surface area contributed by atoms with Gasteiger partial charge in [-0.1, -0.05) is 12.1 Å². The molecule has 0 fully saturated rings. The van der Waals surface area contributed by atoms with E-state index in [4.69, 9.17) is 10.00 Å². The molecule has 0 radical (unpaired) electrons. The molecule has 0 spiro atoms. The smallest absolute Gasteiger partial charge is 0.257 e. The summed E-state index contributed by atoms with van der Waals surface area (Å²) in [4.78, 5) is 25.1. The first-order valence-corrected chi connectivity index (χ1v) is 8.46. The van der Waals surface area contributed by atoms with Gasteiger partial charge in [0, 0.05) is 11.3 Å². The van der Waals surface area contributed by atoms with Crippen LogP contribution in [-0.4, -0.2) is 18.9 Å². The molecule has 6 nitrogen and oxygen atoms in total. The minimum absolute atomic E-state index is 0.334. The van der Waals surface area contributed by atoms with Gasteiger partial charge in [-0.3, -0.25) is 9.59 Å². The largest absolute Gasteiger partial charge is 0.497 e. The topological polar surface area (TPSA) is 91.2 Å². The predicted molar refractivity (Wildman–Crippen MR) is 106 cm³/mol. The maximum Gasteiger partial charge on any atom is 0.257 e. The van der Waals surface area contributed by atoms with Gasteiger partial charge in [0.1, 0.15) is 5.75 Å². The Morgan fingerprint density at radius 3 is 2.18 bits per heavy atom. The molecule has 2 amide bonds. The lowest BCUT2D eigenvalue weighted by Gasteiger charge is -2.12. The SMILES string of the molecule is COc1ccc(NC(=O)c2ccccc2NC(=O)c2ccc(C#N)cc2)cc1. The van der Waals surface area contributed by atoms with Crippen molar-refractivity contribution in [1.29, 1.82) is 5.26 Å². The summed E-state index contributed by atoms with van der Waals surface area (Å²) in [5, 5.41) is 14.4. The van der Waals surface area contributed by atoms with E-state index in [1.807, 2.05) is 6.07 Å². The highest BCUT2D eigenvalue weighted by Gasteiger charge is 2.14. The Hall–Kier alpha value is -4.11. The lowest BCUT2D eigenvalue weighted by atomic mass is 10.1. The Morgan fingerprint density at radius 1 is 0.857 bits per heavy atom. The molecule has 3 aromatic carbocycles. The van der Waals surface area contributed by atoms with E-state index in [2.05, 4.69) is 10.6 Å². The van der Waals surface area contributed by atoms with E-state index >= 15 is 0 Å². The molecular formula is C22H17N3O3. The fourth-order valence-electron chi connectivity index (χ4n) is 2.55.